The average molecular weight is 317 g/mol. The van der Waals surface area contributed by atoms with Crippen LogP contribution in [0.1, 0.15) is 15.9 Å². The lowest BCUT2D eigenvalue weighted by molar-refractivity contribution is 0.0993. The molecule has 0 atom stereocenters. The highest BCUT2D eigenvalue weighted by Gasteiger charge is 2.13. The van der Waals surface area contributed by atoms with E-state index < -0.39 is 0 Å². The zero-order valence-corrected chi connectivity index (χ0v) is 13.8. The van der Waals surface area contributed by atoms with Gasteiger partial charge in [0.2, 0.25) is 0 Å². The molecule has 3 rings (SSSR count). The number of anilines is 1. The molecule has 0 saturated heterocycles. The summed E-state index contributed by atoms with van der Waals surface area (Å²) in [6.07, 6.45) is 0. The molecule has 0 aliphatic heterocycles. The van der Waals surface area contributed by atoms with E-state index >= 15 is 0 Å². The number of hydrogen-bond acceptors (Lipinski definition) is 2. The van der Waals surface area contributed by atoms with Gasteiger partial charge < -0.3 is 9.64 Å². The summed E-state index contributed by atoms with van der Waals surface area (Å²) in [5.41, 5.74) is 2.63. The van der Waals surface area contributed by atoms with Crippen LogP contribution >= 0.6 is 0 Å². The number of benzene rings is 3. The molecule has 0 heterocycles. The van der Waals surface area contributed by atoms with Crippen molar-refractivity contribution >= 4 is 11.6 Å². The number of amides is 1. The first-order chi connectivity index (χ1) is 11.6. The topological polar surface area (TPSA) is 29.5 Å². The number of hydrogen-bond donors (Lipinski definition) is 0. The monoisotopic (exact) mass is 317 g/mol. The highest BCUT2D eigenvalue weighted by Crippen LogP contribution is 2.23. The maximum Gasteiger partial charge on any atom is 0.258 e. The molecular weight excluding hydrogens is 298 g/mol. The summed E-state index contributed by atoms with van der Waals surface area (Å²) in [6, 6.07) is 24.6. The molecular formula is C21H19NO2. The lowest BCUT2D eigenvalue weighted by Crippen LogP contribution is -2.25. The van der Waals surface area contributed by atoms with Crippen molar-refractivity contribution in [3.05, 3.63) is 90.0 Å². The summed E-state index contributed by atoms with van der Waals surface area (Å²) in [5, 5.41) is 0. The lowest BCUT2D eigenvalue weighted by Gasteiger charge is -2.17. The maximum absolute atomic E-state index is 12.5. The maximum atomic E-state index is 12.5. The minimum absolute atomic E-state index is 0.0525. The summed E-state index contributed by atoms with van der Waals surface area (Å²) in [4.78, 5) is 14.2. The third-order valence-electron chi connectivity index (χ3n) is 3.77. The third kappa shape index (κ3) is 3.63. The van der Waals surface area contributed by atoms with Crippen molar-refractivity contribution in [1.82, 2.24) is 0 Å². The van der Waals surface area contributed by atoms with Crippen LogP contribution in [0.2, 0.25) is 0 Å². The fourth-order valence-electron chi connectivity index (χ4n) is 2.44. The van der Waals surface area contributed by atoms with Gasteiger partial charge in [-0.2, -0.15) is 0 Å². The summed E-state index contributed by atoms with van der Waals surface area (Å²) in [6.45, 7) is 2.02. The molecule has 3 aromatic carbocycles. The van der Waals surface area contributed by atoms with E-state index in [9.17, 15) is 4.79 Å². The van der Waals surface area contributed by atoms with Crippen LogP contribution in [0.25, 0.3) is 0 Å². The Hall–Kier alpha value is -3.07. The summed E-state index contributed by atoms with van der Waals surface area (Å²) in [7, 11) is 1.77. The molecule has 0 spiro atoms. The highest BCUT2D eigenvalue weighted by molar-refractivity contribution is 6.05. The van der Waals surface area contributed by atoms with Crippen LogP contribution in [0.15, 0.2) is 78.9 Å². The number of aryl methyl sites for hydroxylation is 1. The normalized spacial score (nSPS) is 10.2. The van der Waals surface area contributed by atoms with Gasteiger partial charge in [-0.3, -0.25) is 4.79 Å². The van der Waals surface area contributed by atoms with Gasteiger partial charge in [0.25, 0.3) is 5.91 Å². The molecule has 0 radical (unpaired) electrons. The van der Waals surface area contributed by atoms with Crippen molar-refractivity contribution in [3.63, 3.8) is 0 Å². The molecule has 0 aliphatic carbocycles. The summed E-state index contributed by atoms with van der Waals surface area (Å²) in [5.74, 6) is 1.44. The van der Waals surface area contributed by atoms with E-state index in [1.54, 1.807) is 24.1 Å². The van der Waals surface area contributed by atoms with E-state index in [1.807, 2.05) is 73.7 Å². The van der Waals surface area contributed by atoms with Crippen molar-refractivity contribution in [2.75, 3.05) is 11.9 Å². The zero-order valence-electron chi connectivity index (χ0n) is 13.8. The highest BCUT2D eigenvalue weighted by atomic mass is 16.5. The molecule has 0 unspecified atom stereocenters. The standard InChI is InChI=1S/C21H19NO2/c1-16-7-6-10-20(15-16)24-19-13-11-17(12-14-19)21(23)22(2)18-8-4-3-5-9-18/h3-15H,1-2H3. The minimum Gasteiger partial charge on any atom is -0.457 e. The Morgan fingerprint density at radius 3 is 2.21 bits per heavy atom. The van der Waals surface area contributed by atoms with E-state index in [4.69, 9.17) is 4.74 Å². The Labute approximate surface area is 142 Å². The summed E-state index contributed by atoms with van der Waals surface area (Å²) < 4.78 is 5.81. The van der Waals surface area contributed by atoms with Crippen LogP contribution < -0.4 is 9.64 Å². The Morgan fingerprint density at radius 2 is 1.54 bits per heavy atom. The third-order valence-corrected chi connectivity index (χ3v) is 3.77. The molecule has 0 aromatic heterocycles. The average Bonchev–Trinajstić information content (AvgIpc) is 2.62. The van der Waals surface area contributed by atoms with Gasteiger partial charge in [-0.1, -0.05) is 30.3 Å². The molecule has 3 aromatic rings. The van der Waals surface area contributed by atoms with Gasteiger partial charge in [0.1, 0.15) is 11.5 Å². The molecule has 0 aliphatic rings. The molecule has 24 heavy (non-hydrogen) atoms. The van der Waals surface area contributed by atoms with Gasteiger partial charge in [0, 0.05) is 18.3 Å². The molecule has 0 saturated carbocycles. The molecule has 0 N–H and O–H groups in total. The Kier molecular flexibility index (Phi) is 4.62. The van der Waals surface area contributed by atoms with Crippen molar-refractivity contribution in [2.45, 2.75) is 6.92 Å². The first kappa shape index (κ1) is 15.8. The predicted octanol–water partition coefficient (Wildman–Crippen LogP) is 5.06. The second-order valence-corrected chi connectivity index (χ2v) is 5.64. The fourth-order valence-corrected chi connectivity index (χ4v) is 2.44. The van der Waals surface area contributed by atoms with Crippen LogP contribution in [-0.4, -0.2) is 13.0 Å². The number of nitrogens with zero attached hydrogens (tertiary/aromatic N) is 1. The fraction of sp³-hybridized carbons (Fsp3) is 0.0952. The zero-order chi connectivity index (χ0) is 16.9. The van der Waals surface area contributed by atoms with Crippen LogP contribution in [0.3, 0.4) is 0 Å². The SMILES string of the molecule is Cc1cccc(Oc2ccc(C(=O)N(C)c3ccccc3)cc2)c1. The first-order valence-electron chi connectivity index (χ1n) is 7.81. The van der Waals surface area contributed by atoms with Gasteiger partial charge in [0.05, 0.1) is 0 Å². The second-order valence-electron chi connectivity index (χ2n) is 5.64. The lowest BCUT2D eigenvalue weighted by atomic mass is 10.2. The minimum atomic E-state index is -0.0525. The Bertz CT molecular complexity index is 826. The van der Waals surface area contributed by atoms with Crippen LogP contribution in [0.4, 0.5) is 5.69 Å². The van der Waals surface area contributed by atoms with Crippen molar-refractivity contribution in [1.29, 1.82) is 0 Å². The van der Waals surface area contributed by atoms with Gasteiger partial charge in [-0.25, -0.2) is 0 Å². The van der Waals surface area contributed by atoms with E-state index in [0.29, 0.717) is 11.3 Å². The van der Waals surface area contributed by atoms with E-state index in [2.05, 4.69) is 0 Å². The van der Waals surface area contributed by atoms with Crippen LogP contribution in [0.5, 0.6) is 11.5 Å². The number of carbonyl (C=O) groups excluding carboxylic acids is 1. The van der Waals surface area contributed by atoms with Crippen molar-refractivity contribution < 1.29 is 9.53 Å². The van der Waals surface area contributed by atoms with Crippen LogP contribution in [0, 0.1) is 6.92 Å². The first-order valence-corrected chi connectivity index (χ1v) is 7.81. The van der Waals surface area contributed by atoms with Gasteiger partial charge in [0.15, 0.2) is 0 Å². The largest absolute Gasteiger partial charge is 0.457 e. The number of ether oxygens (including phenoxy) is 1. The number of carbonyl (C=O) groups is 1. The molecule has 0 bridgehead atoms. The molecule has 3 nitrogen and oxygen atoms in total. The van der Waals surface area contributed by atoms with Crippen molar-refractivity contribution in [2.24, 2.45) is 0 Å². The van der Waals surface area contributed by atoms with E-state index in [1.165, 1.54) is 0 Å². The predicted molar refractivity (Wildman–Crippen MR) is 96.9 cm³/mol. The second kappa shape index (κ2) is 7.01. The van der Waals surface area contributed by atoms with E-state index in [0.717, 1.165) is 17.0 Å². The molecule has 120 valence electrons. The van der Waals surface area contributed by atoms with Gasteiger partial charge in [-0.05, 0) is 61.0 Å². The van der Waals surface area contributed by atoms with E-state index in [-0.39, 0.29) is 5.91 Å². The summed E-state index contributed by atoms with van der Waals surface area (Å²) >= 11 is 0. The molecule has 0 fully saturated rings. The smallest absolute Gasteiger partial charge is 0.258 e. The number of para-hydroxylation sites is 1. The van der Waals surface area contributed by atoms with Crippen LogP contribution in [-0.2, 0) is 0 Å². The van der Waals surface area contributed by atoms with Gasteiger partial charge >= 0.3 is 0 Å². The molecule has 1 amide bonds. The van der Waals surface area contributed by atoms with Crippen molar-refractivity contribution in [3.8, 4) is 11.5 Å². The quantitative estimate of drug-likeness (QED) is 0.673. The Morgan fingerprint density at radius 1 is 0.833 bits per heavy atom. The van der Waals surface area contributed by atoms with Gasteiger partial charge in [-0.15, -0.1) is 0 Å². The Balaban J connectivity index is 1.73. The molecule has 3 heteroatoms. The number of rotatable bonds is 4.